The third-order valence-electron chi connectivity index (χ3n) is 5.44. The van der Waals surface area contributed by atoms with Gasteiger partial charge in [0, 0.05) is 27.6 Å². The third-order valence-corrected chi connectivity index (χ3v) is 5.69. The van der Waals surface area contributed by atoms with Crippen molar-refractivity contribution in [1.82, 2.24) is 4.57 Å². The van der Waals surface area contributed by atoms with Crippen LogP contribution in [-0.2, 0) is 17.6 Å². The molecule has 0 bridgehead atoms. The number of rotatable bonds is 3. The van der Waals surface area contributed by atoms with Crippen molar-refractivity contribution >= 4 is 34.2 Å². The second kappa shape index (κ2) is 6.86. The highest BCUT2D eigenvalue weighted by Crippen LogP contribution is 2.36. The molecule has 0 amide bonds. The SMILES string of the molecule is COc1ccc2c(c1)c1c(n2C(=O)c2ccc(Cl)cc2)CC(C(C)=O)CC1. The van der Waals surface area contributed by atoms with Gasteiger partial charge in [-0.25, -0.2) is 0 Å². The first-order valence-electron chi connectivity index (χ1n) is 9.00. The van der Waals surface area contributed by atoms with E-state index >= 15 is 0 Å². The number of ether oxygens (including phenoxy) is 1. The van der Waals surface area contributed by atoms with E-state index in [2.05, 4.69) is 0 Å². The lowest BCUT2D eigenvalue weighted by Gasteiger charge is -2.22. The minimum absolute atomic E-state index is 0.0412. The Morgan fingerprint density at radius 3 is 2.56 bits per heavy atom. The number of aryl methyl sites for hydroxylation is 1. The summed E-state index contributed by atoms with van der Waals surface area (Å²) in [5.74, 6) is 0.789. The van der Waals surface area contributed by atoms with Gasteiger partial charge in [0.1, 0.15) is 11.5 Å². The predicted molar refractivity (Wildman–Crippen MR) is 106 cm³/mol. The van der Waals surface area contributed by atoms with Gasteiger partial charge in [-0.15, -0.1) is 0 Å². The monoisotopic (exact) mass is 381 g/mol. The van der Waals surface area contributed by atoms with Crippen LogP contribution in [0.5, 0.6) is 5.75 Å². The maximum atomic E-state index is 13.3. The van der Waals surface area contributed by atoms with Crippen LogP contribution >= 0.6 is 11.6 Å². The zero-order chi connectivity index (χ0) is 19.1. The summed E-state index contributed by atoms with van der Waals surface area (Å²) in [5.41, 5.74) is 3.50. The molecule has 0 fully saturated rings. The number of hydrogen-bond donors (Lipinski definition) is 0. The van der Waals surface area contributed by atoms with E-state index in [1.807, 2.05) is 18.2 Å². The minimum Gasteiger partial charge on any atom is -0.497 e. The molecule has 27 heavy (non-hydrogen) atoms. The molecule has 0 N–H and O–H groups in total. The molecular formula is C22H20ClNO3. The van der Waals surface area contributed by atoms with Crippen LogP contribution in [-0.4, -0.2) is 23.4 Å². The highest BCUT2D eigenvalue weighted by molar-refractivity contribution is 6.30. The molecule has 1 aliphatic carbocycles. The van der Waals surface area contributed by atoms with Gasteiger partial charge in [0.05, 0.1) is 12.6 Å². The molecule has 1 atom stereocenters. The van der Waals surface area contributed by atoms with Gasteiger partial charge in [-0.3, -0.25) is 14.2 Å². The van der Waals surface area contributed by atoms with Crippen molar-refractivity contribution in [3.8, 4) is 5.75 Å². The van der Waals surface area contributed by atoms with Crippen LogP contribution in [0.25, 0.3) is 10.9 Å². The lowest BCUT2D eigenvalue weighted by Crippen LogP contribution is -2.24. The Bertz CT molecular complexity index is 1050. The highest BCUT2D eigenvalue weighted by atomic mass is 35.5. The summed E-state index contributed by atoms with van der Waals surface area (Å²) in [4.78, 5) is 25.3. The van der Waals surface area contributed by atoms with Crippen LogP contribution in [0.15, 0.2) is 42.5 Å². The Labute approximate surface area is 162 Å². The van der Waals surface area contributed by atoms with Crippen molar-refractivity contribution in [2.75, 3.05) is 7.11 Å². The normalized spacial score (nSPS) is 16.2. The van der Waals surface area contributed by atoms with Gasteiger partial charge in [-0.2, -0.15) is 0 Å². The number of ketones is 1. The van der Waals surface area contributed by atoms with Crippen LogP contribution in [0.4, 0.5) is 0 Å². The van der Waals surface area contributed by atoms with Crippen molar-refractivity contribution in [2.45, 2.75) is 26.2 Å². The fraction of sp³-hybridized carbons (Fsp3) is 0.273. The molecule has 0 aliphatic heterocycles. The zero-order valence-corrected chi connectivity index (χ0v) is 16.0. The summed E-state index contributed by atoms with van der Waals surface area (Å²) in [6.07, 6.45) is 2.18. The van der Waals surface area contributed by atoms with Crippen molar-refractivity contribution in [1.29, 1.82) is 0 Å². The van der Waals surface area contributed by atoms with Gasteiger partial charge in [0.15, 0.2) is 0 Å². The second-order valence-electron chi connectivity index (χ2n) is 7.01. The molecular weight excluding hydrogens is 362 g/mol. The lowest BCUT2D eigenvalue weighted by atomic mass is 9.84. The van der Waals surface area contributed by atoms with Crippen molar-refractivity contribution in [2.24, 2.45) is 5.92 Å². The van der Waals surface area contributed by atoms with E-state index in [9.17, 15) is 9.59 Å². The van der Waals surface area contributed by atoms with E-state index in [-0.39, 0.29) is 17.6 Å². The number of hydrogen-bond acceptors (Lipinski definition) is 3. The predicted octanol–water partition coefficient (Wildman–Crippen LogP) is 4.69. The molecule has 1 aliphatic rings. The quantitative estimate of drug-likeness (QED) is 0.661. The fourth-order valence-electron chi connectivity index (χ4n) is 3.96. The Balaban J connectivity index is 1.93. The molecule has 1 unspecified atom stereocenters. The number of methoxy groups -OCH3 is 1. The molecule has 1 heterocycles. The maximum absolute atomic E-state index is 13.3. The van der Waals surface area contributed by atoms with Gasteiger partial charge in [-0.05, 0) is 74.2 Å². The van der Waals surface area contributed by atoms with Crippen LogP contribution < -0.4 is 4.74 Å². The van der Waals surface area contributed by atoms with E-state index < -0.39 is 0 Å². The Morgan fingerprint density at radius 2 is 1.89 bits per heavy atom. The molecule has 4 nitrogen and oxygen atoms in total. The summed E-state index contributed by atoms with van der Waals surface area (Å²) in [6.45, 7) is 1.63. The number of fused-ring (bicyclic) bond motifs is 3. The molecule has 3 aromatic rings. The van der Waals surface area contributed by atoms with Crippen molar-refractivity contribution < 1.29 is 14.3 Å². The summed E-state index contributed by atoms with van der Waals surface area (Å²) in [6, 6.07) is 12.7. The Kier molecular flexibility index (Phi) is 4.52. The number of carbonyl (C=O) groups excluding carboxylic acids is 2. The largest absolute Gasteiger partial charge is 0.497 e. The Hall–Kier alpha value is -2.59. The molecule has 0 radical (unpaired) electrons. The van der Waals surface area contributed by atoms with Gasteiger partial charge in [-0.1, -0.05) is 11.6 Å². The molecule has 4 rings (SSSR count). The molecule has 5 heteroatoms. The van der Waals surface area contributed by atoms with E-state index in [0.29, 0.717) is 17.0 Å². The highest BCUT2D eigenvalue weighted by Gasteiger charge is 2.30. The molecule has 138 valence electrons. The van der Waals surface area contributed by atoms with E-state index in [1.54, 1.807) is 42.9 Å². The first kappa shape index (κ1) is 17.8. The minimum atomic E-state index is -0.104. The van der Waals surface area contributed by atoms with Gasteiger partial charge < -0.3 is 4.74 Å². The van der Waals surface area contributed by atoms with Gasteiger partial charge in [0.2, 0.25) is 0 Å². The number of aromatic nitrogens is 1. The first-order chi connectivity index (χ1) is 13.0. The van der Waals surface area contributed by atoms with Crippen molar-refractivity contribution in [3.05, 3.63) is 64.3 Å². The summed E-state index contributed by atoms with van der Waals surface area (Å²) in [7, 11) is 1.63. The average molecular weight is 382 g/mol. The van der Waals surface area contributed by atoms with Gasteiger partial charge >= 0.3 is 0 Å². The molecule has 2 aromatic carbocycles. The van der Waals surface area contributed by atoms with Crippen LogP contribution in [0.3, 0.4) is 0 Å². The first-order valence-corrected chi connectivity index (χ1v) is 9.38. The summed E-state index contributed by atoms with van der Waals surface area (Å²) in [5, 5.41) is 1.61. The number of Topliss-reactive ketones (excluding diaryl/α,β-unsaturated/α-hetero) is 1. The Morgan fingerprint density at radius 1 is 1.15 bits per heavy atom. The van der Waals surface area contributed by atoms with Crippen molar-refractivity contribution in [3.63, 3.8) is 0 Å². The smallest absolute Gasteiger partial charge is 0.262 e. The lowest BCUT2D eigenvalue weighted by molar-refractivity contribution is -0.121. The number of nitrogens with zero attached hydrogens (tertiary/aromatic N) is 1. The van der Waals surface area contributed by atoms with Crippen LogP contribution in [0, 0.1) is 5.92 Å². The summed E-state index contributed by atoms with van der Waals surface area (Å²) < 4.78 is 7.14. The third kappa shape index (κ3) is 3.04. The second-order valence-corrected chi connectivity index (χ2v) is 7.44. The number of halogens is 1. The van der Waals surface area contributed by atoms with E-state index in [0.717, 1.165) is 40.8 Å². The fourth-order valence-corrected chi connectivity index (χ4v) is 4.09. The number of carbonyl (C=O) groups is 2. The summed E-state index contributed by atoms with van der Waals surface area (Å²) >= 11 is 5.97. The van der Waals surface area contributed by atoms with E-state index in [4.69, 9.17) is 16.3 Å². The van der Waals surface area contributed by atoms with Gasteiger partial charge in [0.25, 0.3) is 5.91 Å². The molecule has 0 saturated carbocycles. The molecule has 0 saturated heterocycles. The standard InChI is InChI=1S/C22H20ClNO3/c1-13(25)15-5-9-18-19-12-17(27-2)8-10-20(19)24(21(18)11-15)22(26)14-3-6-16(23)7-4-14/h3-4,6-8,10,12,15H,5,9,11H2,1-2H3. The molecule has 0 spiro atoms. The topological polar surface area (TPSA) is 48.3 Å². The number of benzene rings is 2. The average Bonchev–Trinajstić information content (AvgIpc) is 3.00. The zero-order valence-electron chi connectivity index (χ0n) is 15.3. The molecule has 1 aromatic heterocycles. The van der Waals surface area contributed by atoms with E-state index in [1.165, 1.54) is 0 Å². The maximum Gasteiger partial charge on any atom is 0.262 e. The van der Waals surface area contributed by atoms with Crippen LogP contribution in [0.1, 0.15) is 35.0 Å². The van der Waals surface area contributed by atoms with Crippen LogP contribution in [0.2, 0.25) is 5.02 Å².